The molecular formula is C30H20Cl2N2O2S. The first-order valence-electron chi connectivity index (χ1n) is 11.4. The molecule has 1 heterocycles. The lowest BCUT2D eigenvalue weighted by Gasteiger charge is -2.06. The zero-order valence-corrected chi connectivity index (χ0v) is 21.7. The minimum atomic E-state index is -0.169. The van der Waals surface area contributed by atoms with E-state index in [0.29, 0.717) is 47.2 Å². The molecule has 37 heavy (non-hydrogen) atoms. The van der Waals surface area contributed by atoms with E-state index in [1.807, 2.05) is 77.4 Å². The van der Waals surface area contributed by atoms with Crippen molar-refractivity contribution in [2.24, 2.45) is 4.99 Å². The lowest BCUT2D eigenvalue weighted by atomic mass is 10.1. The molecule has 0 unspecified atom stereocenters. The summed E-state index contributed by atoms with van der Waals surface area (Å²) in [7, 11) is 0. The maximum absolute atomic E-state index is 13.2. The lowest BCUT2D eigenvalue weighted by molar-refractivity contribution is 0.106. The molecule has 0 fully saturated rings. The van der Waals surface area contributed by atoms with Gasteiger partial charge in [-0.1, -0.05) is 96.0 Å². The summed E-state index contributed by atoms with van der Waals surface area (Å²) in [6.45, 7) is 0. The third-order valence-corrected chi connectivity index (χ3v) is 7.09. The quantitative estimate of drug-likeness (QED) is 0.259. The molecule has 0 aliphatic carbocycles. The Bertz CT molecular complexity index is 1780. The van der Waals surface area contributed by atoms with Crippen LogP contribution in [0.1, 0.15) is 15.9 Å². The maximum atomic E-state index is 13.2. The number of ketones is 1. The maximum Gasteiger partial charge on any atom is 0.188 e. The summed E-state index contributed by atoms with van der Waals surface area (Å²) in [5.74, 6) is -0.119. The van der Waals surface area contributed by atoms with E-state index >= 15 is 0 Å². The van der Waals surface area contributed by atoms with E-state index < -0.39 is 0 Å². The molecule has 4 aromatic carbocycles. The second-order valence-corrected chi connectivity index (χ2v) is 9.99. The van der Waals surface area contributed by atoms with E-state index in [0.717, 1.165) is 0 Å². The Labute approximate surface area is 227 Å². The number of carbonyl (C=O) groups is 1. The lowest BCUT2D eigenvalue weighted by Crippen LogP contribution is -2.33. The van der Waals surface area contributed by atoms with Crippen molar-refractivity contribution in [2.45, 2.75) is 0 Å². The Morgan fingerprint density at radius 1 is 0.784 bits per heavy atom. The van der Waals surface area contributed by atoms with Crippen molar-refractivity contribution in [3.05, 3.63) is 145 Å². The van der Waals surface area contributed by atoms with Crippen LogP contribution < -0.4 is 14.7 Å². The number of hydrogen-bond acceptors (Lipinski definition) is 4. The van der Waals surface area contributed by atoms with E-state index in [4.69, 9.17) is 28.2 Å². The first kappa shape index (κ1) is 24.8. The van der Waals surface area contributed by atoms with Crippen LogP contribution >= 0.6 is 34.5 Å². The number of halogens is 2. The molecule has 0 aliphatic heterocycles. The first-order chi connectivity index (χ1) is 18.0. The van der Waals surface area contributed by atoms with E-state index in [1.54, 1.807) is 42.5 Å². The molecule has 0 aliphatic rings. The van der Waals surface area contributed by atoms with E-state index in [9.17, 15) is 9.90 Å². The van der Waals surface area contributed by atoms with Gasteiger partial charge < -0.3 is 5.11 Å². The molecule has 0 spiro atoms. The molecule has 5 rings (SSSR count). The average molecular weight is 543 g/mol. The average Bonchev–Trinajstić information content (AvgIpc) is 3.26. The summed E-state index contributed by atoms with van der Waals surface area (Å²) < 4.78 is 2.90. The molecule has 0 atom stereocenters. The number of carbonyl (C=O) groups excluding carboxylic acids is 1. The Balaban J connectivity index is 1.92. The molecule has 0 amide bonds. The summed E-state index contributed by atoms with van der Waals surface area (Å²) >= 11 is 13.9. The number of rotatable bonds is 5. The van der Waals surface area contributed by atoms with Gasteiger partial charge in [0.15, 0.2) is 11.3 Å². The van der Waals surface area contributed by atoms with Crippen molar-refractivity contribution >= 4 is 57.8 Å². The number of aliphatic hydroxyl groups excluding tert-OH is 1. The highest BCUT2D eigenvalue weighted by Gasteiger charge is 2.13. The van der Waals surface area contributed by atoms with Crippen LogP contribution in [0, 0.1) is 0 Å². The highest BCUT2D eigenvalue weighted by Crippen LogP contribution is 2.18. The van der Waals surface area contributed by atoms with Crippen LogP contribution in [0.3, 0.4) is 0 Å². The second-order valence-electron chi connectivity index (χ2n) is 8.09. The molecule has 0 bridgehead atoms. The van der Waals surface area contributed by atoms with Gasteiger partial charge in [-0.25, -0.2) is 4.99 Å². The number of Topliss-reactive ketones (excluding diaryl/α,β-unsaturated/α-hetero) is 1. The Kier molecular flexibility index (Phi) is 7.37. The SMILES string of the molecule is O=C(/C=c1/s/c(=C(/O)c2ccccc2)c(=Nc2cccc(Cl)c2)n1-c1cccc(Cl)c1)c1ccccc1. The number of thiazole rings is 1. The van der Waals surface area contributed by atoms with Gasteiger partial charge >= 0.3 is 0 Å². The smallest absolute Gasteiger partial charge is 0.188 e. The molecule has 0 saturated heterocycles. The molecule has 0 radical (unpaired) electrons. The molecule has 0 saturated carbocycles. The fourth-order valence-corrected chi connectivity index (χ4v) is 5.28. The fraction of sp³-hybridized carbons (Fsp3) is 0. The molecule has 1 N–H and O–H groups in total. The monoisotopic (exact) mass is 542 g/mol. The number of hydrogen-bond donors (Lipinski definition) is 1. The van der Waals surface area contributed by atoms with Crippen LogP contribution in [0.5, 0.6) is 0 Å². The van der Waals surface area contributed by atoms with Gasteiger partial charge in [-0.15, -0.1) is 11.3 Å². The van der Waals surface area contributed by atoms with Crippen molar-refractivity contribution in [2.75, 3.05) is 0 Å². The first-order valence-corrected chi connectivity index (χ1v) is 12.9. The normalized spacial score (nSPS) is 13.0. The molecule has 4 nitrogen and oxygen atoms in total. The Morgan fingerprint density at radius 3 is 2.05 bits per heavy atom. The summed E-state index contributed by atoms with van der Waals surface area (Å²) in [5, 5.41) is 12.5. The summed E-state index contributed by atoms with van der Waals surface area (Å²) in [6, 6.07) is 32.7. The van der Waals surface area contributed by atoms with Gasteiger partial charge in [0, 0.05) is 32.9 Å². The van der Waals surface area contributed by atoms with Gasteiger partial charge in [-0.05, 0) is 36.4 Å². The predicted molar refractivity (Wildman–Crippen MR) is 151 cm³/mol. The number of nitrogens with zero attached hydrogens (tertiary/aromatic N) is 2. The minimum absolute atomic E-state index is 0.0500. The number of aliphatic hydroxyl groups is 1. The molecule has 7 heteroatoms. The molecule has 5 aromatic rings. The molecular weight excluding hydrogens is 523 g/mol. The zero-order valence-electron chi connectivity index (χ0n) is 19.4. The van der Waals surface area contributed by atoms with Crippen molar-refractivity contribution in [1.82, 2.24) is 4.57 Å². The van der Waals surface area contributed by atoms with Crippen molar-refractivity contribution < 1.29 is 9.90 Å². The van der Waals surface area contributed by atoms with Gasteiger partial charge in [0.05, 0.1) is 5.69 Å². The standard InChI is InChI=1S/C30H20Cl2N2O2S/c31-22-13-7-15-24(17-22)33-30-29(28(36)21-11-5-2-6-12-21)37-27(19-26(35)20-9-3-1-4-10-20)34(30)25-16-8-14-23(32)18-25/h1-19,36H/b27-19+,29-28+,33-30?. The Hall–Kier alpha value is -3.90. The van der Waals surface area contributed by atoms with Crippen LogP contribution in [-0.2, 0) is 0 Å². The summed E-state index contributed by atoms with van der Waals surface area (Å²) in [5.41, 5.74) is 2.93. The predicted octanol–water partition coefficient (Wildman–Crippen LogP) is 6.46. The third-order valence-electron chi connectivity index (χ3n) is 5.53. The van der Waals surface area contributed by atoms with Gasteiger partial charge in [-0.2, -0.15) is 0 Å². The topological polar surface area (TPSA) is 54.6 Å². The summed E-state index contributed by atoms with van der Waals surface area (Å²) in [4.78, 5) is 18.1. The highest BCUT2D eigenvalue weighted by atomic mass is 35.5. The van der Waals surface area contributed by atoms with Gasteiger partial charge in [0.1, 0.15) is 15.0 Å². The van der Waals surface area contributed by atoms with Gasteiger partial charge in [-0.3, -0.25) is 9.36 Å². The van der Waals surface area contributed by atoms with Crippen LogP contribution in [0.15, 0.2) is 114 Å². The van der Waals surface area contributed by atoms with E-state index in [1.165, 1.54) is 11.3 Å². The minimum Gasteiger partial charge on any atom is -0.506 e. The summed E-state index contributed by atoms with van der Waals surface area (Å²) in [6.07, 6.45) is 1.56. The van der Waals surface area contributed by atoms with Gasteiger partial charge in [0.2, 0.25) is 0 Å². The van der Waals surface area contributed by atoms with Crippen molar-refractivity contribution in [1.29, 1.82) is 0 Å². The molecule has 1 aromatic heterocycles. The second kappa shape index (κ2) is 11.0. The number of aromatic nitrogens is 1. The van der Waals surface area contributed by atoms with Crippen molar-refractivity contribution in [3.63, 3.8) is 0 Å². The molecule has 182 valence electrons. The number of benzene rings is 4. The highest BCUT2D eigenvalue weighted by molar-refractivity contribution is 7.07. The van der Waals surface area contributed by atoms with Gasteiger partial charge in [0.25, 0.3) is 0 Å². The van der Waals surface area contributed by atoms with E-state index in [-0.39, 0.29) is 11.5 Å². The van der Waals surface area contributed by atoms with E-state index in [2.05, 4.69) is 0 Å². The van der Waals surface area contributed by atoms with Crippen LogP contribution in [0.2, 0.25) is 10.0 Å². The largest absolute Gasteiger partial charge is 0.506 e. The Morgan fingerprint density at radius 2 is 1.41 bits per heavy atom. The van der Waals surface area contributed by atoms with Crippen LogP contribution in [0.25, 0.3) is 17.5 Å². The van der Waals surface area contributed by atoms with Crippen LogP contribution in [-0.4, -0.2) is 15.5 Å². The fourth-order valence-electron chi connectivity index (χ4n) is 3.81. The van der Waals surface area contributed by atoms with Crippen molar-refractivity contribution in [3.8, 4) is 5.69 Å². The van der Waals surface area contributed by atoms with Crippen LogP contribution in [0.4, 0.5) is 5.69 Å². The third kappa shape index (κ3) is 5.59. The zero-order chi connectivity index (χ0) is 25.8.